The quantitative estimate of drug-likeness (QED) is 0.555. The average Bonchev–Trinajstić information content (AvgIpc) is 3.06. The summed E-state index contributed by atoms with van der Waals surface area (Å²) in [5, 5.41) is 2.78. The van der Waals surface area contributed by atoms with Crippen LogP contribution >= 0.6 is 0 Å². The number of benzene rings is 3. The minimum Gasteiger partial charge on any atom is -0.436 e. The van der Waals surface area contributed by atoms with E-state index >= 15 is 0 Å². The van der Waals surface area contributed by atoms with E-state index in [2.05, 4.69) is 10.3 Å². The number of halogens is 1. The Morgan fingerprint density at radius 2 is 1.73 bits per heavy atom. The molecular formula is C21H15FN2O2. The van der Waals surface area contributed by atoms with E-state index in [-0.39, 0.29) is 11.7 Å². The Morgan fingerprint density at radius 3 is 2.46 bits per heavy atom. The molecule has 4 aromatic rings. The lowest BCUT2D eigenvalue weighted by atomic mass is 10.1. The molecule has 0 aliphatic carbocycles. The van der Waals surface area contributed by atoms with Crippen LogP contribution in [0, 0.1) is 12.7 Å². The number of aromatic nitrogens is 1. The fraction of sp³-hybridized carbons (Fsp3) is 0.0476. The van der Waals surface area contributed by atoms with Crippen LogP contribution in [0.2, 0.25) is 0 Å². The standard InChI is InChI=1S/C21H15FN2O2/c1-13-2-4-15(5-3-13)21-24-18-12-17(10-11-19(18)26-21)23-20(25)14-6-8-16(22)9-7-14/h2-12H,1H3,(H,23,25). The molecule has 0 fully saturated rings. The maximum atomic E-state index is 13.0. The molecule has 0 atom stereocenters. The Kier molecular flexibility index (Phi) is 3.97. The van der Waals surface area contributed by atoms with Crippen molar-refractivity contribution in [3.8, 4) is 11.5 Å². The minimum atomic E-state index is -0.380. The summed E-state index contributed by atoms with van der Waals surface area (Å²) >= 11 is 0. The highest BCUT2D eigenvalue weighted by molar-refractivity contribution is 6.04. The lowest BCUT2D eigenvalue weighted by molar-refractivity contribution is 0.102. The van der Waals surface area contributed by atoms with Crippen molar-refractivity contribution in [2.24, 2.45) is 0 Å². The fourth-order valence-corrected chi connectivity index (χ4v) is 2.63. The van der Waals surface area contributed by atoms with Gasteiger partial charge in [-0.25, -0.2) is 9.37 Å². The molecule has 4 nitrogen and oxygen atoms in total. The van der Waals surface area contributed by atoms with Crippen LogP contribution in [-0.2, 0) is 0 Å². The first-order chi connectivity index (χ1) is 12.6. The first-order valence-corrected chi connectivity index (χ1v) is 8.13. The van der Waals surface area contributed by atoms with Crippen molar-refractivity contribution in [3.05, 3.63) is 83.7 Å². The molecule has 3 aromatic carbocycles. The lowest BCUT2D eigenvalue weighted by Gasteiger charge is -2.04. The maximum Gasteiger partial charge on any atom is 0.255 e. The molecule has 4 rings (SSSR count). The molecule has 0 bridgehead atoms. The van der Waals surface area contributed by atoms with Gasteiger partial charge in [0.25, 0.3) is 5.91 Å². The molecule has 0 aliphatic rings. The van der Waals surface area contributed by atoms with Gasteiger partial charge in [-0.3, -0.25) is 4.79 Å². The molecule has 5 heteroatoms. The number of anilines is 1. The largest absolute Gasteiger partial charge is 0.436 e. The highest BCUT2D eigenvalue weighted by Gasteiger charge is 2.11. The summed E-state index contributed by atoms with van der Waals surface area (Å²) in [7, 11) is 0. The zero-order valence-corrected chi connectivity index (χ0v) is 14.0. The number of hydrogen-bond acceptors (Lipinski definition) is 3. The number of carbonyl (C=O) groups excluding carboxylic acids is 1. The van der Waals surface area contributed by atoms with E-state index < -0.39 is 0 Å². The first kappa shape index (κ1) is 16.0. The number of amides is 1. The monoisotopic (exact) mass is 346 g/mol. The molecule has 0 aliphatic heterocycles. The number of hydrogen-bond donors (Lipinski definition) is 1. The molecule has 128 valence electrons. The van der Waals surface area contributed by atoms with Crippen LogP contribution in [0.1, 0.15) is 15.9 Å². The van der Waals surface area contributed by atoms with Gasteiger partial charge in [-0.05, 0) is 61.5 Å². The van der Waals surface area contributed by atoms with Gasteiger partial charge in [0.05, 0.1) is 0 Å². The predicted molar refractivity (Wildman–Crippen MR) is 98.5 cm³/mol. The van der Waals surface area contributed by atoms with Crippen molar-refractivity contribution >= 4 is 22.7 Å². The number of fused-ring (bicyclic) bond motifs is 1. The summed E-state index contributed by atoms with van der Waals surface area (Å²) in [6.07, 6.45) is 0. The number of carbonyl (C=O) groups is 1. The molecule has 0 unspecified atom stereocenters. The van der Waals surface area contributed by atoms with E-state index in [1.54, 1.807) is 18.2 Å². The van der Waals surface area contributed by atoms with Crippen LogP contribution in [-0.4, -0.2) is 10.9 Å². The lowest BCUT2D eigenvalue weighted by Crippen LogP contribution is -2.11. The van der Waals surface area contributed by atoms with Gasteiger partial charge in [-0.2, -0.15) is 0 Å². The molecular weight excluding hydrogens is 331 g/mol. The molecule has 1 amide bonds. The number of aryl methyl sites for hydroxylation is 1. The third-order valence-electron chi connectivity index (χ3n) is 4.05. The van der Waals surface area contributed by atoms with Crippen molar-refractivity contribution in [2.75, 3.05) is 5.32 Å². The average molecular weight is 346 g/mol. The Labute approximate surface area is 149 Å². The van der Waals surface area contributed by atoms with Gasteiger partial charge in [0.1, 0.15) is 11.3 Å². The van der Waals surface area contributed by atoms with E-state index in [0.29, 0.717) is 28.2 Å². The second kappa shape index (κ2) is 6.44. The van der Waals surface area contributed by atoms with Crippen molar-refractivity contribution in [2.45, 2.75) is 6.92 Å². The third-order valence-corrected chi connectivity index (χ3v) is 4.05. The Balaban J connectivity index is 1.60. The highest BCUT2D eigenvalue weighted by atomic mass is 19.1. The number of rotatable bonds is 3. The smallest absolute Gasteiger partial charge is 0.255 e. The maximum absolute atomic E-state index is 13.0. The topological polar surface area (TPSA) is 55.1 Å². The molecule has 1 heterocycles. The van der Waals surface area contributed by atoms with Crippen molar-refractivity contribution in [1.82, 2.24) is 4.98 Å². The number of nitrogens with zero attached hydrogens (tertiary/aromatic N) is 1. The minimum absolute atomic E-state index is 0.313. The van der Waals surface area contributed by atoms with Gasteiger partial charge in [0.15, 0.2) is 5.58 Å². The molecule has 0 radical (unpaired) electrons. The van der Waals surface area contributed by atoms with Gasteiger partial charge in [-0.1, -0.05) is 17.7 Å². The van der Waals surface area contributed by atoms with Crippen LogP contribution in [0.4, 0.5) is 10.1 Å². The van der Waals surface area contributed by atoms with E-state index in [1.165, 1.54) is 24.3 Å². The summed E-state index contributed by atoms with van der Waals surface area (Å²) < 4.78 is 18.8. The summed E-state index contributed by atoms with van der Waals surface area (Å²) in [6.45, 7) is 2.02. The van der Waals surface area contributed by atoms with Crippen LogP contribution in [0.25, 0.3) is 22.6 Å². The Morgan fingerprint density at radius 1 is 1.00 bits per heavy atom. The number of nitrogens with one attached hydrogen (secondary N) is 1. The van der Waals surface area contributed by atoms with Gasteiger partial charge in [0, 0.05) is 16.8 Å². The van der Waals surface area contributed by atoms with Gasteiger partial charge >= 0.3 is 0 Å². The third kappa shape index (κ3) is 3.19. The van der Waals surface area contributed by atoms with Crippen LogP contribution in [0.3, 0.4) is 0 Å². The van der Waals surface area contributed by atoms with E-state index in [4.69, 9.17) is 4.42 Å². The summed E-state index contributed by atoms with van der Waals surface area (Å²) in [5.41, 5.74) is 4.32. The SMILES string of the molecule is Cc1ccc(-c2nc3cc(NC(=O)c4ccc(F)cc4)ccc3o2)cc1. The van der Waals surface area contributed by atoms with E-state index in [1.807, 2.05) is 31.2 Å². The van der Waals surface area contributed by atoms with E-state index in [0.717, 1.165) is 11.1 Å². The molecule has 1 aromatic heterocycles. The predicted octanol–water partition coefficient (Wildman–Crippen LogP) is 5.19. The number of oxazole rings is 1. The van der Waals surface area contributed by atoms with Gasteiger partial charge in [0.2, 0.25) is 5.89 Å². The van der Waals surface area contributed by atoms with Gasteiger partial charge < -0.3 is 9.73 Å². The first-order valence-electron chi connectivity index (χ1n) is 8.13. The second-order valence-electron chi connectivity index (χ2n) is 6.03. The summed E-state index contributed by atoms with van der Waals surface area (Å²) in [6, 6.07) is 18.6. The zero-order chi connectivity index (χ0) is 18.1. The van der Waals surface area contributed by atoms with Gasteiger partial charge in [-0.15, -0.1) is 0 Å². The zero-order valence-electron chi connectivity index (χ0n) is 14.0. The Hall–Kier alpha value is -3.47. The Bertz CT molecular complexity index is 1080. The normalized spacial score (nSPS) is 10.8. The van der Waals surface area contributed by atoms with Crippen LogP contribution in [0.5, 0.6) is 0 Å². The summed E-state index contributed by atoms with van der Waals surface area (Å²) in [4.78, 5) is 16.7. The molecule has 0 saturated carbocycles. The summed E-state index contributed by atoms with van der Waals surface area (Å²) in [5.74, 6) is -0.164. The molecule has 0 saturated heterocycles. The fourth-order valence-electron chi connectivity index (χ4n) is 2.63. The van der Waals surface area contributed by atoms with Crippen LogP contribution in [0.15, 0.2) is 71.1 Å². The molecule has 26 heavy (non-hydrogen) atoms. The second-order valence-corrected chi connectivity index (χ2v) is 6.03. The molecule has 1 N–H and O–H groups in total. The van der Waals surface area contributed by atoms with E-state index in [9.17, 15) is 9.18 Å². The van der Waals surface area contributed by atoms with Crippen molar-refractivity contribution in [3.63, 3.8) is 0 Å². The van der Waals surface area contributed by atoms with Crippen molar-refractivity contribution in [1.29, 1.82) is 0 Å². The van der Waals surface area contributed by atoms with Crippen LogP contribution < -0.4 is 5.32 Å². The highest BCUT2D eigenvalue weighted by Crippen LogP contribution is 2.26. The molecule has 0 spiro atoms. The van der Waals surface area contributed by atoms with Crippen molar-refractivity contribution < 1.29 is 13.6 Å².